The van der Waals surface area contributed by atoms with Crippen molar-refractivity contribution in [1.82, 2.24) is 15.1 Å². The molecule has 0 saturated carbocycles. The minimum absolute atomic E-state index is 0. The summed E-state index contributed by atoms with van der Waals surface area (Å²) in [5.41, 5.74) is -0.868. The number of thioether (sulfide) groups is 2. The van der Waals surface area contributed by atoms with Crippen LogP contribution in [-0.4, -0.2) is 192 Å². The molecule has 0 aliphatic carbocycles. The van der Waals surface area contributed by atoms with E-state index in [1.165, 1.54) is 74.3 Å². The molecular weight excluding hydrogens is 1870 g/mol. The fourth-order valence-corrected chi connectivity index (χ4v) is 12.6. The SMILES string of the molecule is C=C(C)C(=O)N1CCC[C@H]1C(=O)O.C[C@@](O)(CBr)C(=O)O.C[C@]1(CBr)OC(=O)[C@@H]2CCCN2C1=O.O=C(O)[C@@H]1CCCN1.[C-]#[N+]c1ccc(NC(=O)[C@](C)(O)CBr)cc1C(F)(F)F.[C-]#[N+]c1ccc(NC(=O)[C@](C)(O)CSc2ccc(N)cc2)cc1C(F)(F)F.[C-]#[N+]c1ccc(NC(=O)[C@](C)(O)CSc2cccc(N)c2)cc1C(F)(F)F.[S-2].[SH-]. The number of nitrogen functional groups attached to an aromatic ring is 2. The number of ether oxygens (including phenoxy) is 1. The van der Waals surface area contributed by atoms with Crippen LogP contribution in [0.15, 0.2) is 125 Å². The molecule has 652 valence electrons. The van der Waals surface area contributed by atoms with Crippen molar-refractivity contribution in [1.29, 1.82) is 0 Å². The van der Waals surface area contributed by atoms with Crippen molar-refractivity contribution >= 4 is 197 Å². The highest BCUT2D eigenvalue weighted by molar-refractivity contribution is 9.09. The van der Waals surface area contributed by atoms with E-state index in [0.29, 0.717) is 60.0 Å². The maximum atomic E-state index is 13.0. The second kappa shape index (κ2) is 47.4. The van der Waals surface area contributed by atoms with E-state index in [1.807, 2.05) is 0 Å². The molecule has 4 aliphatic heterocycles. The first-order valence-corrected chi connectivity index (χ1v) is 39.6. The molecule has 0 bridgehead atoms. The van der Waals surface area contributed by atoms with Crippen LogP contribution in [0.1, 0.15) is 96.8 Å². The average Bonchev–Trinajstić information content (AvgIpc) is 1.70. The Labute approximate surface area is 725 Å². The van der Waals surface area contributed by atoms with Crippen LogP contribution in [0, 0.1) is 19.7 Å². The van der Waals surface area contributed by atoms with Crippen LogP contribution in [0.2, 0.25) is 0 Å². The number of alkyl halides is 12. The molecule has 44 heteroatoms. The molecule has 15 N–H and O–H groups in total. The number of anilines is 5. The number of carbonyl (C=O) groups excluding carboxylic acids is 6. The van der Waals surface area contributed by atoms with Gasteiger partial charge in [0.05, 0.1) is 41.7 Å². The minimum atomic E-state index is -4.73. The van der Waals surface area contributed by atoms with E-state index >= 15 is 0 Å². The lowest BCUT2D eigenvalue weighted by Crippen LogP contribution is -2.60. The topological polar surface area (TPSA) is 424 Å². The number of amides is 5. The van der Waals surface area contributed by atoms with E-state index in [-0.39, 0.29) is 96.1 Å². The van der Waals surface area contributed by atoms with E-state index in [1.54, 1.807) is 67.3 Å². The number of aliphatic hydroxyl groups is 4. The van der Waals surface area contributed by atoms with Crippen LogP contribution in [0.25, 0.3) is 14.5 Å². The normalized spacial score (nSPS) is 18.3. The number of esters is 1. The van der Waals surface area contributed by atoms with E-state index in [4.69, 9.17) is 56.3 Å². The number of carbonyl (C=O) groups is 9. The monoisotopic (exact) mass is 1950 g/mol. The van der Waals surface area contributed by atoms with E-state index < -0.39 is 122 Å². The molecule has 5 amide bonds. The Hall–Kier alpha value is -8.85. The summed E-state index contributed by atoms with van der Waals surface area (Å²) in [5, 5.41) is 74.3. The van der Waals surface area contributed by atoms with Crippen LogP contribution in [0.4, 0.5) is 85.0 Å². The van der Waals surface area contributed by atoms with Gasteiger partial charge in [-0.05, 0) is 165 Å². The van der Waals surface area contributed by atoms with Crippen molar-refractivity contribution in [2.45, 2.75) is 155 Å². The number of halogens is 12. The van der Waals surface area contributed by atoms with Crippen molar-refractivity contribution in [3.05, 3.63) is 166 Å². The summed E-state index contributed by atoms with van der Waals surface area (Å²) >= 11 is 11.4. The lowest BCUT2D eigenvalue weighted by molar-refractivity contribution is -0.185. The minimum Gasteiger partial charge on any atom is -2.00 e. The summed E-state index contributed by atoms with van der Waals surface area (Å²) in [5.74, 6) is -6.05. The number of morpholine rings is 1. The number of nitrogens with zero attached hydrogens (tertiary/aromatic N) is 5. The first kappa shape index (κ1) is 108. The summed E-state index contributed by atoms with van der Waals surface area (Å²) in [6.45, 7) is 34.1. The lowest BCUT2D eigenvalue weighted by atomic mass is 10.0. The number of cyclic esters (lactones) is 1. The molecule has 0 unspecified atom stereocenters. The molecule has 5 aromatic rings. The molecule has 5 aromatic carbocycles. The number of carboxylic acids is 3. The molecule has 119 heavy (non-hydrogen) atoms. The number of fused-ring (bicyclic) bond motifs is 1. The van der Waals surface area contributed by atoms with Gasteiger partial charge in [-0.1, -0.05) is 78.6 Å². The summed E-state index contributed by atoms with van der Waals surface area (Å²) in [7, 11) is 0. The molecule has 4 aliphatic rings. The molecule has 4 fully saturated rings. The van der Waals surface area contributed by atoms with Gasteiger partial charge in [-0.2, -0.15) is 39.5 Å². The molecule has 8 atom stereocenters. The fourth-order valence-electron chi connectivity index (χ4n) is 9.86. The van der Waals surface area contributed by atoms with Crippen LogP contribution < -0.4 is 32.7 Å². The van der Waals surface area contributed by atoms with Crippen molar-refractivity contribution in [2.75, 3.05) is 74.5 Å². The number of hydrogen-bond acceptors (Lipinski definition) is 20. The zero-order valence-electron chi connectivity index (χ0n) is 64.0. The van der Waals surface area contributed by atoms with Gasteiger partial charge in [-0.3, -0.25) is 28.8 Å². The number of benzene rings is 5. The summed E-state index contributed by atoms with van der Waals surface area (Å²) in [4.78, 5) is 115. The third kappa shape index (κ3) is 33.6. The molecule has 28 nitrogen and oxygen atoms in total. The fraction of sp³-hybridized carbons (Fsp3) is 0.413. The number of likely N-dealkylation sites (tertiary alicyclic amines) is 1. The number of rotatable bonds is 19. The van der Waals surface area contributed by atoms with E-state index in [0.717, 1.165) is 66.6 Å². The Balaban J connectivity index is 0.000000721. The highest BCUT2D eigenvalue weighted by Crippen LogP contribution is 2.42. The number of aliphatic carboxylic acids is 3. The van der Waals surface area contributed by atoms with Gasteiger partial charge in [-0.25, -0.2) is 28.9 Å². The van der Waals surface area contributed by atoms with Crippen molar-refractivity contribution in [3.8, 4) is 0 Å². The number of nitrogens with two attached hydrogens (primary N) is 2. The third-order valence-electron chi connectivity index (χ3n) is 16.6. The van der Waals surface area contributed by atoms with Gasteiger partial charge in [0, 0.05) is 79.1 Å². The van der Waals surface area contributed by atoms with Gasteiger partial charge in [0.25, 0.3) is 23.6 Å². The van der Waals surface area contributed by atoms with Gasteiger partial charge in [0.15, 0.2) is 28.3 Å². The van der Waals surface area contributed by atoms with Crippen LogP contribution in [-0.2, 0) is 93.4 Å². The predicted molar refractivity (Wildman–Crippen MR) is 445 cm³/mol. The molecule has 4 saturated heterocycles. The quantitative estimate of drug-likeness (QED) is 0.00420. The average molecular weight is 1950 g/mol. The highest BCUT2D eigenvalue weighted by atomic mass is 79.9. The first-order valence-electron chi connectivity index (χ1n) is 34.3. The largest absolute Gasteiger partial charge is 2.00 e. The van der Waals surface area contributed by atoms with Crippen molar-refractivity contribution in [2.24, 2.45) is 0 Å². The lowest BCUT2D eigenvalue weighted by Gasteiger charge is -2.39. The molecular formula is C75H84Br3F9N11O17S4-3. The van der Waals surface area contributed by atoms with Crippen molar-refractivity contribution < 1.29 is 123 Å². The van der Waals surface area contributed by atoms with Gasteiger partial charge < -0.3 is 110 Å². The second-order valence-electron chi connectivity index (χ2n) is 27.0. The Bertz CT molecular complexity index is 4530. The molecule has 4 heterocycles. The molecule has 0 radical (unpaired) electrons. The number of hydrogen-bond donors (Lipinski definition) is 13. The molecule has 0 spiro atoms. The highest BCUT2D eigenvalue weighted by Gasteiger charge is 2.51. The maximum absolute atomic E-state index is 13.0. The van der Waals surface area contributed by atoms with Crippen LogP contribution in [0.5, 0.6) is 0 Å². The Morgan fingerprint density at radius 2 is 1.02 bits per heavy atom. The molecule has 9 rings (SSSR count). The summed E-state index contributed by atoms with van der Waals surface area (Å²) < 4.78 is 121. The number of carboxylic acid groups (broad SMARTS) is 3. The second-order valence-corrected chi connectivity index (χ2v) is 30.8. The van der Waals surface area contributed by atoms with Gasteiger partial charge in [-0.15, -0.1) is 23.5 Å². The summed E-state index contributed by atoms with van der Waals surface area (Å²) in [6, 6.07) is 20.9. The summed E-state index contributed by atoms with van der Waals surface area (Å²) in [6.07, 6.45) is -9.43. The van der Waals surface area contributed by atoms with Gasteiger partial charge in [0.1, 0.15) is 34.9 Å². The van der Waals surface area contributed by atoms with Crippen molar-refractivity contribution in [3.63, 3.8) is 0 Å². The predicted octanol–water partition coefficient (Wildman–Crippen LogP) is 13.1. The standard InChI is InChI=1S/2C18H16F3N3O2S.C12H10BrF3N2O2.C9H12BrNO3.C9H13NO3.C5H9NO2.C4H7BrO3.H2S.S/c1-17(26,10-27-13-6-3-11(22)4-7-13)16(25)24-12-5-8-15(23-2)14(9-12)18(19,20)21;1-17(26,10-27-13-5-3-4-11(22)8-13)16(25)24-12-6-7-15(23-2)14(9-12)18(19,20)21;1-11(20,6-13)10(19)18-7-3-4-9(17-2)8(5-7)12(14,15)16;1-9(5-10)8(13)11-4-2-3-6(11)7(12)14-9;1-6(2)8(11)10-5-3-4-7(10)9(12)13;7-5(8)4-2-1-3-6-4;1-4(8,2-5)3(6)7;;/h2*3-9,26H,10,22H2,1H3,(H,24,25);3-5,20H,6H2,1H3,(H,18,19);6H,2-5H2,1H3;7H,1,3-5H2,2H3,(H,12,13);4,6H,1-3H2,(H,7,8);8H,2H2,1H3,(H,6,7);1H2;/q;;;;;;;;-2/p-1/t2*17-;11-;6-,9+;7-;2*4-;;/m1110001../s1. The zero-order chi connectivity index (χ0) is 89.2. The van der Waals surface area contributed by atoms with Gasteiger partial charge in [0.2, 0.25) is 5.91 Å². The first-order chi connectivity index (χ1) is 54.1. The zero-order valence-corrected chi connectivity index (χ0v) is 72.1. The number of nitrogens with one attached hydrogen (secondary N) is 4. The number of thiol groups is 1. The Morgan fingerprint density at radius 1 is 0.597 bits per heavy atom. The Morgan fingerprint density at radius 3 is 1.35 bits per heavy atom. The van der Waals surface area contributed by atoms with Crippen LogP contribution >= 0.6 is 71.3 Å². The smallest absolute Gasteiger partial charge is 0.407 e. The van der Waals surface area contributed by atoms with E-state index in [9.17, 15) is 98.0 Å². The van der Waals surface area contributed by atoms with E-state index in [2.05, 4.69) is 90.2 Å². The maximum Gasteiger partial charge on any atom is 0.407 e. The molecule has 0 aromatic heterocycles. The third-order valence-corrected chi connectivity index (χ3v) is 22.5. The van der Waals surface area contributed by atoms with Gasteiger partial charge >= 0.3 is 42.4 Å². The van der Waals surface area contributed by atoms with Crippen LogP contribution in [0.3, 0.4) is 0 Å². The Kier molecular flexibility index (Phi) is 43.1.